The van der Waals surface area contributed by atoms with Crippen molar-refractivity contribution in [1.29, 1.82) is 0 Å². The van der Waals surface area contributed by atoms with Gasteiger partial charge in [0.1, 0.15) is 5.75 Å². The van der Waals surface area contributed by atoms with Crippen LogP contribution in [0, 0.1) is 6.92 Å². The molecule has 0 radical (unpaired) electrons. The average molecular weight is 292 g/mol. The first-order valence-corrected chi connectivity index (χ1v) is 5.95. The topological polar surface area (TPSA) is 26.3 Å². The van der Waals surface area contributed by atoms with Gasteiger partial charge in [0.2, 0.25) is 0 Å². The number of Topliss-reactive ketones (excluding diaryl/α,β-unsaturated/α-hetero) is 1. The highest BCUT2D eigenvalue weighted by Crippen LogP contribution is 2.33. The van der Waals surface area contributed by atoms with Crippen molar-refractivity contribution in [2.75, 3.05) is 7.11 Å². The molecule has 4 heteroatoms. The van der Waals surface area contributed by atoms with Gasteiger partial charge in [-0.25, -0.2) is 0 Å². The zero-order valence-corrected chi connectivity index (χ0v) is 11.2. The van der Waals surface area contributed by atoms with E-state index in [9.17, 15) is 4.79 Å². The molecule has 0 unspecified atom stereocenters. The lowest BCUT2D eigenvalue weighted by Crippen LogP contribution is -2.02. The van der Waals surface area contributed by atoms with E-state index in [0.717, 1.165) is 11.1 Å². The number of ether oxygens (including phenoxy) is 1. The maximum atomic E-state index is 11.4. The zero-order valence-electron chi connectivity index (χ0n) is 8.86. The maximum Gasteiger partial charge on any atom is 0.163 e. The summed E-state index contributed by atoms with van der Waals surface area (Å²) in [6, 6.07) is 1.66. The fourth-order valence-electron chi connectivity index (χ4n) is 1.49. The van der Waals surface area contributed by atoms with E-state index in [2.05, 4.69) is 15.9 Å². The number of carbonyl (C=O) groups is 1. The predicted octanol–water partition coefficient (Wildman–Crippen LogP) is 3.75. The predicted molar refractivity (Wildman–Crippen MR) is 65.4 cm³/mol. The number of hydrogen-bond donors (Lipinski definition) is 0. The third kappa shape index (κ3) is 2.34. The molecule has 82 valence electrons. The van der Waals surface area contributed by atoms with Crippen LogP contribution >= 0.6 is 27.5 Å². The van der Waals surface area contributed by atoms with Crippen LogP contribution in [0.1, 0.15) is 28.4 Å². The number of rotatable bonds is 3. The van der Waals surface area contributed by atoms with Crippen molar-refractivity contribution in [3.63, 3.8) is 0 Å². The molecule has 1 aromatic carbocycles. The number of benzene rings is 1. The fourth-order valence-corrected chi connectivity index (χ4v) is 2.69. The van der Waals surface area contributed by atoms with Crippen molar-refractivity contribution < 1.29 is 9.53 Å². The molecule has 1 rings (SSSR count). The Morgan fingerprint density at radius 2 is 2.20 bits per heavy atom. The van der Waals surface area contributed by atoms with Gasteiger partial charge in [0.15, 0.2) is 5.78 Å². The van der Waals surface area contributed by atoms with E-state index in [1.807, 2.05) is 6.92 Å². The Balaban J connectivity index is 3.51. The monoisotopic (exact) mass is 290 g/mol. The number of halogens is 2. The van der Waals surface area contributed by atoms with Gasteiger partial charge in [-0.15, -0.1) is 0 Å². The van der Waals surface area contributed by atoms with E-state index in [-0.39, 0.29) is 5.78 Å². The second-order valence-electron chi connectivity index (χ2n) is 3.23. The van der Waals surface area contributed by atoms with E-state index >= 15 is 0 Å². The molecule has 0 aromatic heterocycles. The smallest absolute Gasteiger partial charge is 0.163 e. The van der Waals surface area contributed by atoms with Gasteiger partial charge in [-0.3, -0.25) is 4.79 Å². The molecule has 0 N–H and O–H groups in total. The molecule has 0 amide bonds. The Morgan fingerprint density at radius 1 is 1.60 bits per heavy atom. The molecular formula is C11H12BrClO2. The third-order valence-corrected chi connectivity index (χ3v) is 3.21. The van der Waals surface area contributed by atoms with Gasteiger partial charge in [-0.2, -0.15) is 0 Å². The molecule has 0 aliphatic heterocycles. The first-order chi connectivity index (χ1) is 7.02. The maximum absolute atomic E-state index is 11.4. The first-order valence-electron chi connectivity index (χ1n) is 4.45. The summed E-state index contributed by atoms with van der Waals surface area (Å²) >= 11 is 9.43. The van der Waals surface area contributed by atoms with Gasteiger partial charge in [0.05, 0.1) is 12.7 Å². The minimum Gasteiger partial charge on any atom is -0.496 e. The Hall–Kier alpha value is -0.540. The second kappa shape index (κ2) is 4.99. The number of carbonyl (C=O) groups excluding carboxylic acids is 1. The van der Waals surface area contributed by atoms with E-state index in [0.29, 0.717) is 21.7 Å². The van der Waals surface area contributed by atoms with Crippen molar-refractivity contribution in [1.82, 2.24) is 0 Å². The van der Waals surface area contributed by atoms with Crippen LogP contribution in [-0.2, 0) is 5.33 Å². The Labute approximate surface area is 103 Å². The molecular weight excluding hydrogens is 279 g/mol. The number of hydrogen-bond acceptors (Lipinski definition) is 2. The van der Waals surface area contributed by atoms with Gasteiger partial charge in [-0.05, 0) is 31.0 Å². The lowest BCUT2D eigenvalue weighted by Gasteiger charge is -2.14. The van der Waals surface area contributed by atoms with Crippen LogP contribution in [0.25, 0.3) is 0 Å². The Morgan fingerprint density at radius 3 is 2.60 bits per heavy atom. The van der Waals surface area contributed by atoms with Crippen LogP contribution in [0.2, 0.25) is 5.02 Å². The van der Waals surface area contributed by atoms with Gasteiger partial charge < -0.3 is 4.74 Å². The highest BCUT2D eigenvalue weighted by molar-refractivity contribution is 9.08. The van der Waals surface area contributed by atoms with Crippen molar-refractivity contribution in [3.8, 4) is 5.75 Å². The summed E-state index contributed by atoms with van der Waals surface area (Å²) in [5, 5.41) is 1.24. The Bertz CT molecular complexity index is 402. The third-order valence-electron chi connectivity index (χ3n) is 2.31. The molecule has 0 bridgehead atoms. The quantitative estimate of drug-likeness (QED) is 0.626. The van der Waals surface area contributed by atoms with Crippen LogP contribution in [0.3, 0.4) is 0 Å². The van der Waals surface area contributed by atoms with Crippen molar-refractivity contribution in [3.05, 3.63) is 27.8 Å². The van der Waals surface area contributed by atoms with E-state index < -0.39 is 0 Å². The standard InChI is InChI=1S/C11H12BrClO2/c1-6-9(5-12)10(13)4-8(7(2)14)11(6)15-3/h4H,5H2,1-3H3. The van der Waals surface area contributed by atoms with E-state index in [1.54, 1.807) is 13.2 Å². The molecule has 0 heterocycles. The normalized spacial score (nSPS) is 10.2. The Kier molecular flexibility index (Phi) is 4.17. The molecule has 15 heavy (non-hydrogen) atoms. The van der Waals surface area contributed by atoms with Gasteiger partial charge in [-0.1, -0.05) is 27.5 Å². The number of ketones is 1. The molecule has 0 atom stereocenters. The first kappa shape index (κ1) is 12.5. The minimum atomic E-state index is -0.0435. The van der Waals surface area contributed by atoms with Crippen LogP contribution in [0.5, 0.6) is 5.75 Å². The van der Waals surface area contributed by atoms with Crippen LogP contribution < -0.4 is 4.74 Å². The van der Waals surface area contributed by atoms with E-state index in [4.69, 9.17) is 16.3 Å². The summed E-state index contributed by atoms with van der Waals surface area (Å²) in [6.45, 7) is 3.40. The molecule has 0 saturated carbocycles. The molecule has 0 spiro atoms. The number of methoxy groups -OCH3 is 1. The van der Waals surface area contributed by atoms with Crippen molar-refractivity contribution >= 4 is 33.3 Å². The number of alkyl halides is 1. The lowest BCUT2D eigenvalue weighted by atomic mass is 10.0. The highest BCUT2D eigenvalue weighted by atomic mass is 79.9. The van der Waals surface area contributed by atoms with Gasteiger partial charge in [0.25, 0.3) is 0 Å². The van der Waals surface area contributed by atoms with Crippen LogP contribution in [0.4, 0.5) is 0 Å². The summed E-state index contributed by atoms with van der Waals surface area (Å²) in [6.07, 6.45) is 0. The SMILES string of the molecule is COc1c(C(C)=O)cc(Cl)c(CBr)c1C. The zero-order chi connectivity index (χ0) is 11.6. The summed E-state index contributed by atoms with van der Waals surface area (Å²) in [5.74, 6) is 0.569. The molecule has 0 fully saturated rings. The van der Waals surface area contributed by atoms with E-state index in [1.165, 1.54) is 6.92 Å². The van der Waals surface area contributed by atoms with Crippen LogP contribution in [-0.4, -0.2) is 12.9 Å². The minimum absolute atomic E-state index is 0.0435. The average Bonchev–Trinajstić information content (AvgIpc) is 2.17. The highest BCUT2D eigenvalue weighted by Gasteiger charge is 2.16. The molecule has 0 saturated heterocycles. The summed E-state index contributed by atoms with van der Waals surface area (Å²) in [5.41, 5.74) is 2.40. The molecule has 0 aliphatic carbocycles. The fraction of sp³-hybridized carbons (Fsp3) is 0.364. The van der Waals surface area contributed by atoms with Crippen molar-refractivity contribution in [2.24, 2.45) is 0 Å². The summed E-state index contributed by atoms with van der Waals surface area (Å²) < 4.78 is 5.23. The van der Waals surface area contributed by atoms with Gasteiger partial charge in [0, 0.05) is 10.4 Å². The summed E-state index contributed by atoms with van der Waals surface area (Å²) in [7, 11) is 1.56. The molecule has 1 aromatic rings. The second-order valence-corrected chi connectivity index (χ2v) is 4.20. The largest absolute Gasteiger partial charge is 0.496 e. The van der Waals surface area contributed by atoms with Crippen LogP contribution in [0.15, 0.2) is 6.07 Å². The van der Waals surface area contributed by atoms with Gasteiger partial charge >= 0.3 is 0 Å². The van der Waals surface area contributed by atoms with Crippen molar-refractivity contribution in [2.45, 2.75) is 19.2 Å². The molecule has 0 aliphatic rings. The molecule has 2 nitrogen and oxygen atoms in total. The summed E-state index contributed by atoms with van der Waals surface area (Å²) in [4.78, 5) is 11.4. The lowest BCUT2D eigenvalue weighted by molar-refractivity contribution is 0.101.